The summed E-state index contributed by atoms with van der Waals surface area (Å²) in [5.74, 6) is 0.285. The van der Waals surface area contributed by atoms with E-state index in [-0.39, 0.29) is 30.6 Å². The number of hydrogen-bond donors (Lipinski definition) is 4. The number of ether oxygens (including phenoxy) is 1. The zero-order valence-corrected chi connectivity index (χ0v) is 18.1. The Balaban J connectivity index is 1.87. The Kier molecular flexibility index (Phi) is 7.49. The van der Waals surface area contributed by atoms with E-state index in [9.17, 15) is 14.7 Å². The number of aliphatic hydroxyl groups excluding tert-OH is 1. The highest BCUT2D eigenvalue weighted by atomic mass is 16.5. The zero-order chi connectivity index (χ0) is 22.4. The van der Waals surface area contributed by atoms with Crippen molar-refractivity contribution in [3.63, 3.8) is 0 Å². The number of likely N-dealkylation sites (N-methyl/N-ethyl adjacent to an activating group) is 1. The van der Waals surface area contributed by atoms with Crippen LogP contribution in [0, 0.1) is 5.92 Å². The third kappa shape index (κ3) is 5.53. The average Bonchev–Trinajstić information content (AvgIpc) is 2.76. The van der Waals surface area contributed by atoms with Crippen LogP contribution in [-0.4, -0.2) is 60.8 Å². The second-order valence-electron chi connectivity index (χ2n) is 7.84. The molecule has 3 amide bonds. The molecule has 31 heavy (non-hydrogen) atoms. The molecule has 1 aliphatic rings. The van der Waals surface area contributed by atoms with Gasteiger partial charge in [-0.05, 0) is 44.3 Å². The van der Waals surface area contributed by atoms with Crippen molar-refractivity contribution >= 4 is 23.3 Å². The number of fused-ring (bicyclic) bond motifs is 1. The molecule has 0 spiro atoms. The molecule has 0 aromatic heterocycles. The number of urea groups is 1. The molecular weight excluding hydrogens is 396 g/mol. The van der Waals surface area contributed by atoms with Gasteiger partial charge in [0.1, 0.15) is 11.9 Å². The molecule has 166 valence electrons. The molecular formula is C23H30N4O4. The maximum absolute atomic E-state index is 13.3. The summed E-state index contributed by atoms with van der Waals surface area (Å²) in [7, 11) is 1.85. The first kappa shape index (κ1) is 22.6. The maximum Gasteiger partial charge on any atom is 0.323 e. The summed E-state index contributed by atoms with van der Waals surface area (Å²) in [5.41, 5.74) is 1.49. The Hall–Kier alpha value is -3.10. The first-order valence-corrected chi connectivity index (χ1v) is 10.4. The minimum absolute atomic E-state index is 0.0630. The van der Waals surface area contributed by atoms with Crippen LogP contribution in [0.5, 0.6) is 5.75 Å². The van der Waals surface area contributed by atoms with E-state index in [0.29, 0.717) is 35.8 Å². The summed E-state index contributed by atoms with van der Waals surface area (Å²) in [6, 6.07) is 13.4. The molecule has 0 saturated heterocycles. The summed E-state index contributed by atoms with van der Waals surface area (Å²) >= 11 is 0. The van der Waals surface area contributed by atoms with Gasteiger partial charge >= 0.3 is 6.03 Å². The number of nitrogens with one attached hydrogen (secondary N) is 3. The van der Waals surface area contributed by atoms with Gasteiger partial charge in [-0.3, -0.25) is 4.79 Å². The number of nitrogens with zero attached hydrogens (tertiary/aromatic N) is 1. The minimum Gasteiger partial charge on any atom is -0.488 e. The number of aliphatic hydroxyl groups is 1. The van der Waals surface area contributed by atoms with Crippen molar-refractivity contribution in [2.45, 2.75) is 26.0 Å². The van der Waals surface area contributed by atoms with Crippen LogP contribution in [-0.2, 0) is 0 Å². The second kappa shape index (κ2) is 10.3. The van der Waals surface area contributed by atoms with E-state index >= 15 is 0 Å². The van der Waals surface area contributed by atoms with Gasteiger partial charge in [0.05, 0.1) is 18.2 Å². The van der Waals surface area contributed by atoms with Crippen LogP contribution in [0.15, 0.2) is 48.5 Å². The van der Waals surface area contributed by atoms with Crippen molar-refractivity contribution < 1.29 is 19.4 Å². The van der Waals surface area contributed by atoms with Gasteiger partial charge in [0, 0.05) is 30.4 Å². The number of benzene rings is 2. The van der Waals surface area contributed by atoms with Crippen LogP contribution in [0.1, 0.15) is 24.2 Å². The van der Waals surface area contributed by atoms with Gasteiger partial charge in [-0.1, -0.05) is 25.1 Å². The molecule has 3 atom stereocenters. The number of anilines is 2. The van der Waals surface area contributed by atoms with Crippen LogP contribution in [0.2, 0.25) is 0 Å². The molecule has 0 unspecified atom stereocenters. The van der Waals surface area contributed by atoms with E-state index in [1.54, 1.807) is 35.2 Å². The van der Waals surface area contributed by atoms with E-state index in [4.69, 9.17) is 4.74 Å². The van der Waals surface area contributed by atoms with E-state index in [2.05, 4.69) is 16.0 Å². The zero-order valence-electron chi connectivity index (χ0n) is 18.1. The fourth-order valence-electron chi connectivity index (χ4n) is 3.56. The first-order valence-electron chi connectivity index (χ1n) is 10.4. The number of amides is 3. The lowest BCUT2D eigenvalue weighted by Crippen LogP contribution is -2.49. The predicted molar refractivity (Wildman–Crippen MR) is 121 cm³/mol. The predicted octanol–water partition coefficient (Wildman–Crippen LogP) is 2.77. The Morgan fingerprint density at radius 3 is 2.58 bits per heavy atom. The van der Waals surface area contributed by atoms with Crippen molar-refractivity contribution in [2.75, 3.05) is 37.4 Å². The lowest BCUT2D eigenvalue weighted by atomic mass is 9.99. The molecule has 8 nitrogen and oxygen atoms in total. The topological polar surface area (TPSA) is 103 Å². The molecule has 4 N–H and O–H groups in total. The van der Waals surface area contributed by atoms with E-state index in [1.807, 2.05) is 39.1 Å². The van der Waals surface area contributed by atoms with E-state index in [0.717, 1.165) is 0 Å². The monoisotopic (exact) mass is 426 g/mol. The van der Waals surface area contributed by atoms with Gasteiger partial charge < -0.3 is 30.7 Å². The first-order chi connectivity index (χ1) is 14.9. The Morgan fingerprint density at radius 2 is 1.90 bits per heavy atom. The molecule has 2 aromatic rings. The van der Waals surface area contributed by atoms with Gasteiger partial charge in [-0.2, -0.15) is 0 Å². The van der Waals surface area contributed by atoms with Gasteiger partial charge in [-0.15, -0.1) is 0 Å². The number of para-hydroxylation sites is 1. The van der Waals surface area contributed by atoms with Gasteiger partial charge in [0.2, 0.25) is 0 Å². The number of carbonyl (C=O) groups is 2. The molecule has 3 rings (SSSR count). The van der Waals surface area contributed by atoms with Crippen LogP contribution in [0.4, 0.5) is 16.2 Å². The second-order valence-corrected chi connectivity index (χ2v) is 7.84. The van der Waals surface area contributed by atoms with Gasteiger partial charge in [0.15, 0.2) is 0 Å². The molecule has 1 aliphatic heterocycles. The smallest absolute Gasteiger partial charge is 0.323 e. The molecule has 0 radical (unpaired) electrons. The third-order valence-electron chi connectivity index (χ3n) is 5.36. The van der Waals surface area contributed by atoms with Crippen molar-refractivity contribution in [3.8, 4) is 5.75 Å². The Morgan fingerprint density at radius 1 is 1.19 bits per heavy atom. The van der Waals surface area contributed by atoms with E-state index < -0.39 is 6.03 Å². The van der Waals surface area contributed by atoms with E-state index in [1.165, 1.54) is 0 Å². The number of carbonyl (C=O) groups excluding carboxylic acids is 2. The maximum atomic E-state index is 13.3. The Labute approximate surface area is 182 Å². The highest BCUT2D eigenvalue weighted by Crippen LogP contribution is 2.30. The van der Waals surface area contributed by atoms with Crippen LogP contribution in [0.3, 0.4) is 0 Å². The summed E-state index contributed by atoms with van der Waals surface area (Å²) in [5, 5.41) is 18.3. The molecule has 0 bridgehead atoms. The molecule has 0 saturated carbocycles. The number of hydrogen-bond acceptors (Lipinski definition) is 5. The summed E-state index contributed by atoms with van der Waals surface area (Å²) in [4.78, 5) is 27.4. The molecule has 0 aliphatic carbocycles. The standard InChI is InChI=1S/C23H30N4O4/c1-15-13-27(16(2)14-28)22(29)19-11-18(9-10-20(19)31-21(15)12-24-3)26-23(30)25-17-7-5-4-6-8-17/h4-11,15-16,21,24,28H,12-14H2,1-3H3,(H2,25,26,30)/t15-,16-,21+/m1/s1. The fraction of sp³-hybridized carbons (Fsp3) is 0.391. The third-order valence-corrected chi connectivity index (χ3v) is 5.36. The van der Waals surface area contributed by atoms with Gasteiger partial charge in [0.25, 0.3) is 5.91 Å². The molecule has 1 heterocycles. The van der Waals surface area contributed by atoms with Crippen molar-refractivity contribution in [2.24, 2.45) is 5.92 Å². The largest absolute Gasteiger partial charge is 0.488 e. The minimum atomic E-state index is -0.410. The quantitative estimate of drug-likeness (QED) is 0.569. The van der Waals surface area contributed by atoms with Crippen LogP contribution >= 0.6 is 0 Å². The molecule has 2 aromatic carbocycles. The van der Waals surface area contributed by atoms with Crippen molar-refractivity contribution in [1.29, 1.82) is 0 Å². The summed E-state index contributed by atoms with van der Waals surface area (Å²) in [6.07, 6.45) is -0.148. The highest BCUT2D eigenvalue weighted by Gasteiger charge is 2.32. The normalized spacial score (nSPS) is 19.5. The highest BCUT2D eigenvalue weighted by molar-refractivity contribution is 6.02. The Bertz CT molecular complexity index is 906. The SMILES string of the molecule is CNC[C@@H]1Oc2ccc(NC(=O)Nc3ccccc3)cc2C(=O)N([C@H](C)CO)C[C@H]1C. The fourth-order valence-corrected chi connectivity index (χ4v) is 3.56. The molecule has 0 fully saturated rings. The van der Waals surface area contributed by atoms with Gasteiger partial charge in [-0.25, -0.2) is 4.79 Å². The summed E-state index contributed by atoms with van der Waals surface area (Å²) < 4.78 is 6.18. The average molecular weight is 427 g/mol. The van der Waals surface area contributed by atoms with Crippen LogP contribution in [0.25, 0.3) is 0 Å². The van der Waals surface area contributed by atoms with Crippen LogP contribution < -0.4 is 20.7 Å². The van der Waals surface area contributed by atoms with Crippen molar-refractivity contribution in [1.82, 2.24) is 10.2 Å². The van der Waals surface area contributed by atoms with Crippen molar-refractivity contribution in [3.05, 3.63) is 54.1 Å². The molecule has 8 heteroatoms. The lowest BCUT2D eigenvalue weighted by Gasteiger charge is -2.37. The number of rotatable bonds is 6. The summed E-state index contributed by atoms with van der Waals surface area (Å²) in [6.45, 7) is 4.79. The lowest BCUT2D eigenvalue weighted by molar-refractivity contribution is 0.0416.